The van der Waals surface area contributed by atoms with E-state index in [1.165, 1.54) is 101 Å². The SMILES string of the molecule is CCCCCCCCCCCCOP(=O)(OCCCCCCCCCCCC)OC[C@H]1OC(n2cc(C)c(=O)[nH]c2=O)CC1N=[N+]=[N-]. The number of phosphoric ester groups is 1. The van der Waals surface area contributed by atoms with E-state index in [0.29, 0.717) is 5.56 Å². The Hall–Kier alpha value is -1.94. The Morgan fingerprint density at radius 2 is 1.30 bits per heavy atom. The quantitative estimate of drug-likeness (QED) is 0.0289. The Kier molecular flexibility index (Phi) is 22.0. The minimum absolute atomic E-state index is 0.187. The maximum atomic E-state index is 13.7. The van der Waals surface area contributed by atoms with Crippen molar-refractivity contribution in [2.24, 2.45) is 5.11 Å². The second kappa shape index (κ2) is 25.1. The van der Waals surface area contributed by atoms with Gasteiger partial charge in [-0.25, -0.2) is 9.36 Å². The first-order chi connectivity index (χ1) is 22.8. The lowest BCUT2D eigenvalue weighted by Gasteiger charge is -2.21. The number of azide groups is 1. The van der Waals surface area contributed by atoms with Crippen molar-refractivity contribution in [3.05, 3.63) is 43.0 Å². The summed E-state index contributed by atoms with van der Waals surface area (Å²) >= 11 is 0. The van der Waals surface area contributed by atoms with Gasteiger partial charge in [0.2, 0.25) is 0 Å². The highest BCUT2D eigenvalue weighted by molar-refractivity contribution is 7.48. The molecule has 1 aliphatic heterocycles. The van der Waals surface area contributed by atoms with E-state index < -0.39 is 37.4 Å². The molecule has 0 amide bonds. The molecule has 1 saturated heterocycles. The summed E-state index contributed by atoms with van der Waals surface area (Å²) in [5.74, 6) is 0. The largest absolute Gasteiger partial charge is 0.474 e. The van der Waals surface area contributed by atoms with Crippen LogP contribution in [0.4, 0.5) is 0 Å². The molecule has 1 fully saturated rings. The van der Waals surface area contributed by atoms with Crippen LogP contribution in [0.1, 0.15) is 160 Å². The maximum Gasteiger partial charge on any atom is 0.474 e. The molecule has 1 N–H and O–H groups in total. The van der Waals surface area contributed by atoms with E-state index in [4.69, 9.17) is 23.8 Å². The van der Waals surface area contributed by atoms with Crippen molar-refractivity contribution in [1.82, 2.24) is 9.55 Å². The van der Waals surface area contributed by atoms with Gasteiger partial charge in [0, 0.05) is 23.1 Å². The molecule has 0 spiro atoms. The van der Waals surface area contributed by atoms with E-state index in [9.17, 15) is 14.2 Å². The van der Waals surface area contributed by atoms with Gasteiger partial charge in [0.05, 0.1) is 32.0 Å². The van der Waals surface area contributed by atoms with Gasteiger partial charge in [0.25, 0.3) is 5.56 Å². The molecule has 2 heterocycles. The maximum absolute atomic E-state index is 13.7. The molecule has 270 valence electrons. The van der Waals surface area contributed by atoms with E-state index in [0.717, 1.165) is 38.5 Å². The van der Waals surface area contributed by atoms with Gasteiger partial charge in [0.1, 0.15) is 6.23 Å². The highest BCUT2D eigenvalue weighted by atomic mass is 31.2. The predicted octanol–water partition coefficient (Wildman–Crippen LogP) is 9.81. The van der Waals surface area contributed by atoms with Gasteiger partial charge in [-0.15, -0.1) is 0 Å². The third-order valence-corrected chi connectivity index (χ3v) is 10.2. The van der Waals surface area contributed by atoms with Crippen molar-refractivity contribution < 1.29 is 22.9 Å². The highest BCUT2D eigenvalue weighted by Crippen LogP contribution is 2.50. The van der Waals surface area contributed by atoms with E-state index in [2.05, 4.69) is 28.9 Å². The van der Waals surface area contributed by atoms with Crippen LogP contribution < -0.4 is 11.2 Å². The van der Waals surface area contributed by atoms with Crippen LogP contribution in [-0.4, -0.2) is 41.5 Å². The molecule has 47 heavy (non-hydrogen) atoms. The summed E-state index contributed by atoms with van der Waals surface area (Å²) in [5.41, 5.74) is 8.39. The fraction of sp³-hybridized carbons (Fsp3) is 0.882. The molecule has 2 unspecified atom stereocenters. The summed E-state index contributed by atoms with van der Waals surface area (Å²) in [6.07, 6.45) is 23.5. The van der Waals surface area contributed by atoms with E-state index in [1.54, 1.807) is 6.92 Å². The minimum Gasteiger partial charge on any atom is -0.352 e. The Labute approximate surface area is 281 Å². The molecule has 1 aromatic heterocycles. The van der Waals surface area contributed by atoms with Crippen LogP contribution >= 0.6 is 7.82 Å². The third kappa shape index (κ3) is 17.3. The molecule has 12 nitrogen and oxygen atoms in total. The summed E-state index contributed by atoms with van der Waals surface area (Å²) < 4.78 is 38.3. The lowest BCUT2D eigenvalue weighted by atomic mass is 10.1. The molecule has 2 rings (SSSR count). The number of phosphoric acid groups is 1. The van der Waals surface area contributed by atoms with Crippen LogP contribution in [0.3, 0.4) is 0 Å². The number of nitrogens with zero attached hydrogens (tertiary/aromatic N) is 4. The number of H-pyrrole nitrogens is 1. The van der Waals surface area contributed by atoms with E-state index in [-0.39, 0.29) is 26.2 Å². The van der Waals surface area contributed by atoms with E-state index in [1.807, 2.05) is 0 Å². The number of aryl methyl sites for hydroxylation is 1. The van der Waals surface area contributed by atoms with Crippen LogP contribution in [-0.2, 0) is 22.9 Å². The summed E-state index contributed by atoms with van der Waals surface area (Å²) in [7, 11) is -3.92. The van der Waals surface area contributed by atoms with Gasteiger partial charge in [-0.3, -0.25) is 27.9 Å². The molecule has 1 aromatic rings. The zero-order valence-corrected chi connectivity index (χ0v) is 30.3. The minimum atomic E-state index is -3.92. The van der Waals surface area contributed by atoms with Crippen molar-refractivity contribution in [1.29, 1.82) is 0 Å². The standard InChI is InChI=1S/C34H62N5O7P/c1-4-6-8-10-12-14-16-18-20-22-24-43-47(42,44-25-23-21-19-17-15-13-11-9-7-5-2)45-28-31-30(37-38-35)26-32(46-31)39-27-29(3)33(40)36-34(39)41/h27,30-32H,4-26,28H2,1-3H3,(H,36,40,41)/t30?,31-,32?/m1/s1. The van der Waals surface area contributed by atoms with E-state index >= 15 is 0 Å². The summed E-state index contributed by atoms with van der Waals surface area (Å²) in [5, 5.41) is 3.83. The monoisotopic (exact) mass is 683 g/mol. The average molecular weight is 684 g/mol. The number of nitrogens with one attached hydrogen (secondary N) is 1. The molecule has 0 radical (unpaired) electrons. The molecular weight excluding hydrogens is 621 g/mol. The van der Waals surface area contributed by atoms with Crippen LogP contribution in [0, 0.1) is 6.92 Å². The van der Waals surface area contributed by atoms with Gasteiger partial charge in [-0.2, -0.15) is 0 Å². The number of ether oxygens (including phenoxy) is 1. The molecule has 0 saturated carbocycles. The van der Waals surface area contributed by atoms with Gasteiger partial charge < -0.3 is 4.74 Å². The molecule has 0 aromatic carbocycles. The third-order valence-electron chi connectivity index (χ3n) is 8.75. The Bertz CT molecular complexity index is 1160. The van der Waals surface area contributed by atoms with Gasteiger partial charge in [-0.05, 0) is 25.3 Å². The predicted molar refractivity (Wildman–Crippen MR) is 187 cm³/mol. The lowest BCUT2D eigenvalue weighted by Crippen LogP contribution is -2.33. The highest BCUT2D eigenvalue weighted by Gasteiger charge is 2.39. The lowest BCUT2D eigenvalue weighted by molar-refractivity contribution is -0.0305. The second-order valence-corrected chi connectivity index (χ2v) is 14.6. The first-order valence-corrected chi connectivity index (χ1v) is 19.8. The number of aromatic nitrogens is 2. The first kappa shape index (κ1) is 41.2. The molecular formula is C34H62N5O7P. The van der Waals surface area contributed by atoms with Crippen molar-refractivity contribution in [3.63, 3.8) is 0 Å². The Balaban J connectivity index is 1.87. The second-order valence-electron chi connectivity index (χ2n) is 12.9. The zero-order valence-electron chi connectivity index (χ0n) is 29.4. The smallest absolute Gasteiger partial charge is 0.352 e. The normalized spacial score (nSPS) is 18.1. The van der Waals surface area contributed by atoms with Crippen molar-refractivity contribution in [2.45, 2.75) is 174 Å². The van der Waals surface area contributed by atoms with Crippen molar-refractivity contribution in [3.8, 4) is 0 Å². The topological polar surface area (TPSA) is 158 Å². The Morgan fingerprint density at radius 3 is 1.77 bits per heavy atom. The van der Waals surface area contributed by atoms with Gasteiger partial charge in [-0.1, -0.05) is 135 Å². The summed E-state index contributed by atoms with van der Waals surface area (Å²) in [6.45, 7) is 6.35. The van der Waals surface area contributed by atoms with Crippen LogP contribution in [0.15, 0.2) is 20.9 Å². The van der Waals surface area contributed by atoms with Gasteiger partial charge in [0.15, 0.2) is 0 Å². The molecule has 3 atom stereocenters. The first-order valence-electron chi connectivity index (χ1n) is 18.4. The summed E-state index contributed by atoms with van der Waals surface area (Å²) in [6, 6.07) is -0.679. The number of hydrogen-bond donors (Lipinski definition) is 1. The number of aromatic amines is 1. The number of rotatable bonds is 29. The fourth-order valence-corrected chi connectivity index (χ4v) is 7.09. The van der Waals surface area contributed by atoms with Gasteiger partial charge >= 0.3 is 13.5 Å². The average Bonchev–Trinajstić information content (AvgIpc) is 3.45. The molecule has 1 aliphatic rings. The molecule has 0 bridgehead atoms. The van der Waals surface area contributed by atoms with Crippen molar-refractivity contribution in [2.75, 3.05) is 19.8 Å². The van der Waals surface area contributed by atoms with Crippen LogP contribution in [0.2, 0.25) is 0 Å². The number of unbranched alkanes of at least 4 members (excludes halogenated alkanes) is 18. The number of hydrogen-bond acceptors (Lipinski definition) is 8. The zero-order chi connectivity index (χ0) is 34.2. The van der Waals surface area contributed by atoms with Crippen LogP contribution in [0.5, 0.6) is 0 Å². The Morgan fingerprint density at radius 1 is 0.830 bits per heavy atom. The summed E-state index contributed by atoms with van der Waals surface area (Å²) in [4.78, 5) is 29.5. The molecule has 0 aliphatic carbocycles. The van der Waals surface area contributed by atoms with Crippen molar-refractivity contribution >= 4 is 7.82 Å². The fourth-order valence-electron chi connectivity index (χ4n) is 5.83. The molecule has 13 heteroatoms. The van der Waals surface area contributed by atoms with Crippen LogP contribution in [0.25, 0.3) is 10.4 Å².